The molecule has 118 valence electrons. The van der Waals surface area contributed by atoms with Crippen molar-refractivity contribution in [3.8, 4) is 5.75 Å². The van der Waals surface area contributed by atoms with E-state index in [0.717, 1.165) is 5.56 Å². The molecule has 7 heteroatoms. The van der Waals surface area contributed by atoms with E-state index < -0.39 is 10.1 Å². The lowest BCUT2D eigenvalue weighted by molar-refractivity contribution is -0.116. The Morgan fingerprint density at radius 1 is 1.23 bits per heavy atom. The summed E-state index contributed by atoms with van der Waals surface area (Å²) in [5, 5.41) is 3.61. The molecule has 1 aromatic heterocycles. The van der Waals surface area contributed by atoms with Crippen molar-refractivity contribution in [2.75, 3.05) is 0 Å². The molecule has 6 nitrogen and oxygen atoms in total. The molecule has 0 aliphatic rings. The van der Waals surface area contributed by atoms with Crippen LogP contribution in [-0.2, 0) is 21.3 Å². The average molecular weight is 323 g/mol. The summed E-state index contributed by atoms with van der Waals surface area (Å²) in [5.74, 6) is 0.503. The first-order chi connectivity index (χ1) is 10.3. The molecule has 0 spiro atoms. The molecule has 22 heavy (non-hydrogen) atoms. The van der Waals surface area contributed by atoms with Gasteiger partial charge >= 0.3 is 10.1 Å². The topological polar surface area (TPSA) is 86.5 Å². The number of Topliss-reactive ketones (excluding diaryl/α,β-unsaturated/α-hetero) is 1. The highest BCUT2D eigenvalue weighted by atomic mass is 32.2. The zero-order chi connectivity index (χ0) is 16.3. The zero-order valence-corrected chi connectivity index (χ0v) is 13.4. The first kappa shape index (κ1) is 16.2. The van der Waals surface area contributed by atoms with Crippen LogP contribution in [0.15, 0.2) is 33.7 Å². The number of rotatable bonds is 6. The first-order valence-electron chi connectivity index (χ1n) is 6.75. The zero-order valence-electron chi connectivity index (χ0n) is 12.6. The van der Waals surface area contributed by atoms with Crippen molar-refractivity contribution >= 4 is 15.9 Å². The van der Waals surface area contributed by atoms with Crippen LogP contribution in [0.2, 0.25) is 0 Å². The summed E-state index contributed by atoms with van der Waals surface area (Å²) >= 11 is 0. The molecule has 2 rings (SSSR count). The minimum atomic E-state index is -3.98. The maximum absolute atomic E-state index is 12.2. The third-order valence-electron chi connectivity index (χ3n) is 3.11. The highest BCUT2D eigenvalue weighted by molar-refractivity contribution is 7.87. The Bertz CT molecular complexity index is 755. The Labute approximate surface area is 129 Å². The Balaban J connectivity index is 2.15. The van der Waals surface area contributed by atoms with Crippen LogP contribution in [0, 0.1) is 13.8 Å². The van der Waals surface area contributed by atoms with Crippen molar-refractivity contribution in [1.82, 2.24) is 5.16 Å². The number of ketones is 1. The fourth-order valence-corrected chi connectivity index (χ4v) is 3.27. The number of aromatic nitrogens is 1. The Kier molecular flexibility index (Phi) is 4.65. The van der Waals surface area contributed by atoms with Crippen LogP contribution in [0.4, 0.5) is 0 Å². The van der Waals surface area contributed by atoms with E-state index >= 15 is 0 Å². The quantitative estimate of drug-likeness (QED) is 0.759. The molecule has 0 saturated carbocycles. The third-order valence-corrected chi connectivity index (χ3v) is 4.61. The van der Waals surface area contributed by atoms with Crippen LogP contribution < -0.4 is 4.18 Å². The van der Waals surface area contributed by atoms with Crippen LogP contribution in [0.25, 0.3) is 0 Å². The summed E-state index contributed by atoms with van der Waals surface area (Å²) in [6, 6.07) is 6.60. The molecule has 0 radical (unpaired) electrons. The van der Waals surface area contributed by atoms with E-state index in [0.29, 0.717) is 12.8 Å². The highest BCUT2D eigenvalue weighted by Gasteiger charge is 2.26. The van der Waals surface area contributed by atoms with Gasteiger partial charge in [-0.05, 0) is 44.9 Å². The fraction of sp³-hybridized carbons (Fsp3) is 0.333. The Morgan fingerprint density at radius 2 is 1.86 bits per heavy atom. The largest absolute Gasteiger partial charge is 0.379 e. The van der Waals surface area contributed by atoms with Gasteiger partial charge < -0.3 is 13.5 Å². The van der Waals surface area contributed by atoms with Gasteiger partial charge in [0.25, 0.3) is 0 Å². The highest BCUT2D eigenvalue weighted by Crippen LogP contribution is 2.24. The number of hydrogen-bond donors (Lipinski definition) is 0. The molecule has 0 aliphatic carbocycles. The van der Waals surface area contributed by atoms with Crippen molar-refractivity contribution < 1.29 is 21.9 Å². The van der Waals surface area contributed by atoms with E-state index in [9.17, 15) is 13.2 Å². The summed E-state index contributed by atoms with van der Waals surface area (Å²) in [6.07, 6.45) is 1.07. The number of benzene rings is 1. The second-order valence-corrected chi connectivity index (χ2v) is 6.52. The lowest BCUT2D eigenvalue weighted by Gasteiger charge is -2.07. The maximum atomic E-state index is 12.2. The summed E-state index contributed by atoms with van der Waals surface area (Å²) in [5.41, 5.74) is 1.20. The van der Waals surface area contributed by atoms with Gasteiger partial charge in [-0.1, -0.05) is 17.3 Å². The molecule has 0 saturated heterocycles. The predicted octanol–water partition coefficient (Wildman–Crippen LogP) is 2.58. The van der Waals surface area contributed by atoms with Gasteiger partial charge in [0.05, 0.1) is 0 Å². The van der Waals surface area contributed by atoms with Crippen LogP contribution in [0.5, 0.6) is 5.75 Å². The second-order valence-electron chi connectivity index (χ2n) is 5.04. The summed E-state index contributed by atoms with van der Waals surface area (Å²) in [4.78, 5) is 10.9. The minimum absolute atomic E-state index is 0.0480. The summed E-state index contributed by atoms with van der Waals surface area (Å²) < 4.78 is 34.4. The molecule has 0 atom stereocenters. The lowest BCUT2D eigenvalue weighted by atomic mass is 10.1. The van der Waals surface area contributed by atoms with E-state index in [4.69, 9.17) is 8.71 Å². The first-order valence-corrected chi connectivity index (χ1v) is 8.16. The van der Waals surface area contributed by atoms with E-state index in [1.54, 1.807) is 24.3 Å². The van der Waals surface area contributed by atoms with E-state index in [2.05, 4.69) is 5.16 Å². The number of carbonyl (C=O) groups is 1. The average Bonchev–Trinajstić information content (AvgIpc) is 2.77. The smallest absolute Gasteiger partial charge is 0.344 e. The fourth-order valence-electron chi connectivity index (χ4n) is 2.03. The SMILES string of the molecule is CC(=O)CCc1ccc(OS(=O)(=O)c2c(C)noc2C)cc1. The van der Waals surface area contributed by atoms with E-state index in [-0.39, 0.29) is 27.9 Å². The third kappa shape index (κ3) is 3.73. The Hall–Kier alpha value is -2.15. The van der Waals surface area contributed by atoms with Crippen molar-refractivity contribution in [3.63, 3.8) is 0 Å². The molecule has 0 unspecified atom stereocenters. The summed E-state index contributed by atoms with van der Waals surface area (Å²) in [6.45, 7) is 4.59. The van der Waals surface area contributed by atoms with Gasteiger partial charge in [-0.3, -0.25) is 0 Å². The van der Waals surface area contributed by atoms with Gasteiger partial charge in [-0.25, -0.2) is 0 Å². The van der Waals surface area contributed by atoms with E-state index in [1.165, 1.54) is 20.8 Å². The van der Waals surface area contributed by atoms with Crippen LogP contribution in [-0.4, -0.2) is 19.4 Å². The lowest BCUT2D eigenvalue weighted by Crippen LogP contribution is -2.11. The van der Waals surface area contributed by atoms with Crippen molar-refractivity contribution in [1.29, 1.82) is 0 Å². The predicted molar refractivity (Wildman–Crippen MR) is 79.2 cm³/mol. The molecular weight excluding hydrogens is 306 g/mol. The number of aryl methyl sites for hydroxylation is 3. The van der Waals surface area contributed by atoms with Gasteiger partial charge in [0.2, 0.25) is 0 Å². The van der Waals surface area contributed by atoms with Gasteiger partial charge in [-0.15, -0.1) is 0 Å². The maximum Gasteiger partial charge on any atom is 0.344 e. The molecule has 0 aliphatic heterocycles. The number of carbonyl (C=O) groups excluding carboxylic acids is 1. The molecule has 0 bridgehead atoms. The number of nitrogens with zero attached hydrogens (tertiary/aromatic N) is 1. The van der Waals surface area contributed by atoms with Crippen molar-refractivity contribution in [2.45, 2.75) is 38.5 Å². The molecule has 1 aromatic carbocycles. The summed E-state index contributed by atoms with van der Waals surface area (Å²) in [7, 11) is -3.98. The van der Waals surface area contributed by atoms with Crippen molar-refractivity contribution in [2.24, 2.45) is 0 Å². The van der Waals surface area contributed by atoms with Crippen LogP contribution in [0.3, 0.4) is 0 Å². The van der Waals surface area contributed by atoms with Gasteiger partial charge in [0.1, 0.15) is 17.2 Å². The molecule has 2 aromatic rings. The molecule has 0 fully saturated rings. The standard InChI is InChI=1S/C15H17NO5S/c1-10(17)4-5-13-6-8-14(9-7-13)21-22(18,19)15-11(2)16-20-12(15)3/h6-9H,4-5H2,1-3H3. The van der Waals surface area contributed by atoms with Crippen molar-refractivity contribution in [3.05, 3.63) is 41.3 Å². The monoisotopic (exact) mass is 323 g/mol. The van der Waals surface area contributed by atoms with Crippen LogP contribution in [0.1, 0.15) is 30.4 Å². The molecule has 0 N–H and O–H groups in total. The minimum Gasteiger partial charge on any atom is -0.379 e. The van der Waals surface area contributed by atoms with E-state index in [1.807, 2.05) is 0 Å². The molecular formula is C15H17NO5S. The Morgan fingerprint density at radius 3 is 2.36 bits per heavy atom. The van der Waals surface area contributed by atoms with Gasteiger partial charge in [-0.2, -0.15) is 8.42 Å². The second kappa shape index (κ2) is 6.31. The molecule has 1 heterocycles. The molecule has 0 amide bonds. The van der Waals surface area contributed by atoms with Gasteiger partial charge in [0, 0.05) is 6.42 Å². The van der Waals surface area contributed by atoms with Gasteiger partial charge in [0.15, 0.2) is 10.7 Å². The normalized spacial score (nSPS) is 11.4. The van der Waals surface area contributed by atoms with Crippen LogP contribution >= 0.6 is 0 Å². The number of hydrogen-bond acceptors (Lipinski definition) is 6.